The molecule has 2 aliphatic heterocycles. The maximum Gasteiger partial charge on any atom is 0.199 e. The van der Waals surface area contributed by atoms with Crippen molar-refractivity contribution in [1.29, 1.82) is 0 Å². The summed E-state index contributed by atoms with van der Waals surface area (Å²) in [6.45, 7) is 4.00. The van der Waals surface area contributed by atoms with Crippen LogP contribution in [-0.2, 0) is 0 Å². The molecule has 0 saturated carbocycles. The van der Waals surface area contributed by atoms with Crippen LogP contribution in [0, 0.1) is 93.1 Å². The molecule has 0 fully saturated rings. The number of nitrogens with zero attached hydrogens (tertiary/aromatic N) is 3. The Balaban J connectivity index is 0.000000150. The highest BCUT2D eigenvalue weighted by molar-refractivity contribution is 9.10. The van der Waals surface area contributed by atoms with Gasteiger partial charge in [-0.1, -0.05) is 62.4 Å². The van der Waals surface area contributed by atoms with E-state index in [1.165, 1.54) is 36.4 Å². The minimum atomic E-state index is -2.27. The van der Waals surface area contributed by atoms with E-state index in [0.29, 0.717) is 0 Å². The zero-order valence-electron chi connectivity index (χ0n) is 37.3. The molecule has 0 saturated heterocycles. The molecule has 2 aromatic heterocycles. The lowest BCUT2D eigenvalue weighted by molar-refractivity contribution is 0.414. The predicted molar refractivity (Wildman–Crippen MR) is 248 cm³/mol. The molecule has 8 aromatic carbocycles. The molecule has 0 unspecified atom stereocenters. The molecular weight excluding hydrogens is 1100 g/mol. The summed E-state index contributed by atoms with van der Waals surface area (Å²) in [6, 6.07) is 27.6. The Bertz CT molecular complexity index is 3750. The highest BCUT2D eigenvalue weighted by atomic mass is 79.9. The second kappa shape index (κ2) is 19.8. The molecule has 0 bridgehead atoms. The Hall–Kier alpha value is -8.34. The quantitative estimate of drug-likeness (QED) is 0.0765. The van der Waals surface area contributed by atoms with E-state index >= 15 is 8.78 Å². The molecule has 2 aliphatic rings. The standard InChI is InChI=1S/C25H8F8N2O.C13BrF8N.C12H9NO.C2H6/c26-15-13-23(21(32)19(30)17(15)28)34-24-14(16(27)18(29)20(31)22(24)33)25(13)35-9-5-1-3-7-11(9)36-12-8-4-2-6-10(12)35;14-3-1-4(15)6(17)8(19)10(21)12(1)23-13-2(3)5(16)7(18)9(20)11(13)22;1-3-7-11-9(5-1)13-10-6-2-4-8-12(10)14-11;1-2/h1-8H;;1-8,13H;1-2H3. The number of hydrogen-bond donors (Lipinski definition) is 1. The lowest BCUT2D eigenvalue weighted by atomic mass is 10.0. The van der Waals surface area contributed by atoms with Crippen molar-refractivity contribution in [1.82, 2.24) is 9.97 Å². The van der Waals surface area contributed by atoms with Gasteiger partial charge in [-0.15, -0.1) is 0 Å². The molecule has 4 heterocycles. The van der Waals surface area contributed by atoms with Crippen molar-refractivity contribution in [2.45, 2.75) is 13.8 Å². The van der Waals surface area contributed by atoms with Crippen LogP contribution in [0.1, 0.15) is 13.8 Å². The molecule has 0 spiro atoms. The number of rotatable bonds is 1. The second-order valence-electron chi connectivity index (χ2n) is 15.4. The maximum absolute atomic E-state index is 15.3. The second-order valence-corrected chi connectivity index (χ2v) is 16.2. The molecule has 382 valence electrons. The number of hydrogen-bond acceptors (Lipinski definition) is 6. The zero-order chi connectivity index (χ0) is 54.1. The normalized spacial score (nSPS) is 12.0. The van der Waals surface area contributed by atoms with Gasteiger partial charge in [0.25, 0.3) is 0 Å². The number of benzene rings is 8. The van der Waals surface area contributed by atoms with Gasteiger partial charge in [-0.05, 0) is 64.5 Å². The van der Waals surface area contributed by atoms with Crippen molar-refractivity contribution < 1.29 is 79.7 Å². The van der Waals surface area contributed by atoms with Gasteiger partial charge in [-0.25, -0.2) is 80.2 Å². The van der Waals surface area contributed by atoms with E-state index in [1.54, 1.807) is 12.1 Å². The molecule has 12 rings (SSSR count). The number of anilines is 5. The first kappa shape index (κ1) is 51.6. The number of fused-ring (bicyclic) bond motifs is 8. The molecule has 0 amide bonds. The van der Waals surface area contributed by atoms with Crippen LogP contribution in [0.15, 0.2) is 102 Å². The summed E-state index contributed by atoms with van der Waals surface area (Å²) in [4.78, 5) is 7.49. The van der Waals surface area contributed by atoms with E-state index < -0.39 is 147 Å². The van der Waals surface area contributed by atoms with Crippen LogP contribution in [0.25, 0.3) is 43.6 Å². The zero-order valence-corrected chi connectivity index (χ0v) is 38.9. The molecule has 0 aliphatic carbocycles. The fraction of sp³-hybridized carbons (Fsp3) is 0.0385. The first-order valence-corrected chi connectivity index (χ1v) is 22.2. The van der Waals surface area contributed by atoms with Crippen molar-refractivity contribution in [3.63, 3.8) is 0 Å². The van der Waals surface area contributed by atoms with Crippen LogP contribution in [0.4, 0.5) is 98.7 Å². The van der Waals surface area contributed by atoms with Gasteiger partial charge in [0.1, 0.15) is 22.1 Å². The minimum absolute atomic E-state index is 0.0408. The van der Waals surface area contributed by atoms with Gasteiger partial charge in [0.2, 0.25) is 0 Å². The molecule has 10 aromatic rings. The summed E-state index contributed by atoms with van der Waals surface area (Å²) in [7, 11) is 0. The summed E-state index contributed by atoms with van der Waals surface area (Å²) in [6.07, 6.45) is 0. The smallest absolute Gasteiger partial charge is 0.199 e. The third-order valence-corrected chi connectivity index (χ3v) is 12.0. The molecule has 1 N–H and O–H groups in total. The van der Waals surface area contributed by atoms with E-state index in [0.717, 1.165) is 27.8 Å². The Morgan fingerprint density at radius 2 is 0.613 bits per heavy atom. The van der Waals surface area contributed by atoms with E-state index in [4.69, 9.17) is 9.47 Å². The highest BCUT2D eigenvalue weighted by Gasteiger charge is 2.37. The third-order valence-electron chi connectivity index (χ3n) is 11.2. The summed E-state index contributed by atoms with van der Waals surface area (Å²) >= 11 is 2.54. The highest BCUT2D eigenvalue weighted by Crippen LogP contribution is 2.54. The number of aromatic nitrogens is 2. The van der Waals surface area contributed by atoms with Crippen molar-refractivity contribution in [2.24, 2.45) is 0 Å². The SMILES string of the molecule is CC.Fc1c(F)c(F)c2c(Br)c3c(F)c(F)c(F)c(F)c3nc2c1F.Fc1c(F)c(F)c2c(N3c4ccccc4Oc4ccccc43)c3c(F)c(F)c(F)c(F)c3nc2c1F.c1ccc2c(c1)Nc1ccccc1O2. The fourth-order valence-electron chi connectivity index (χ4n) is 7.96. The van der Waals surface area contributed by atoms with Gasteiger partial charge >= 0.3 is 0 Å². The van der Waals surface area contributed by atoms with Crippen molar-refractivity contribution >= 4 is 88.0 Å². The number of para-hydroxylation sites is 8. The van der Waals surface area contributed by atoms with Crippen LogP contribution in [0.5, 0.6) is 23.0 Å². The van der Waals surface area contributed by atoms with Crippen LogP contribution in [-0.4, -0.2) is 9.97 Å². The lowest BCUT2D eigenvalue weighted by Gasteiger charge is -2.34. The van der Waals surface area contributed by atoms with Crippen LogP contribution < -0.4 is 19.7 Å². The van der Waals surface area contributed by atoms with Gasteiger partial charge in [0.05, 0.1) is 50.0 Å². The van der Waals surface area contributed by atoms with E-state index in [1.807, 2.05) is 62.4 Å². The molecule has 23 heteroatoms. The molecule has 0 atom stereocenters. The average molecular weight is 1120 g/mol. The molecule has 0 radical (unpaired) electrons. The van der Waals surface area contributed by atoms with Gasteiger partial charge in [0, 0.05) is 4.47 Å². The molecule has 6 nitrogen and oxygen atoms in total. The lowest BCUT2D eigenvalue weighted by Crippen LogP contribution is -2.18. The van der Waals surface area contributed by atoms with Gasteiger partial charge in [-0.3, -0.25) is 0 Å². The average Bonchev–Trinajstić information content (AvgIpc) is 3.44. The van der Waals surface area contributed by atoms with Crippen LogP contribution in [0.3, 0.4) is 0 Å². The van der Waals surface area contributed by atoms with Crippen LogP contribution in [0.2, 0.25) is 0 Å². The largest absolute Gasteiger partial charge is 0.453 e. The minimum Gasteiger partial charge on any atom is -0.453 e. The monoisotopic (exact) mass is 1120 g/mol. The van der Waals surface area contributed by atoms with Crippen molar-refractivity contribution in [3.05, 3.63) is 195 Å². The first-order chi connectivity index (χ1) is 35.8. The number of ether oxygens (including phenoxy) is 2. The fourth-order valence-corrected chi connectivity index (χ4v) is 8.68. The number of nitrogens with one attached hydrogen (secondary N) is 1. The third kappa shape index (κ3) is 8.24. The maximum atomic E-state index is 15.3. The Labute approximate surface area is 418 Å². The van der Waals surface area contributed by atoms with E-state index in [9.17, 15) is 61.5 Å². The summed E-state index contributed by atoms with van der Waals surface area (Å²) in [5.74, 6) is -32.0. The Morgan fingerprint density at radius 3 is 0.973 bits per heavy atom. The van der Waals surface area contributed by atoms with Crippen molar-refractivity contribution in [2.75, 3.05) is 10.2 Å². The summed E-state index contributed by atoms with van der Waals surface area (Å²) in [5.41, 5.74) is -3.69. The van der Waals surface area contributed by atoms with E-state index in [2.05, 4.69) is 31.2 Å². The summed E-state index contributed by atoms with van der Waals surface area (Å²) < 4.78 is 236. The van der Waals surface area contributed by atoms with Crippen molar-refractivity contribution in [3.8, 4) is 23.0 Å². The first-order valence-electron chi connectivity index (χ1n) is 21.4. The van der Waals surface area contributed by atoms with Gasteiger partial charge in [-0.2, -0.15) is 0 Å². The number of pyridine rings is 2. The van der Waals surface area contributed by atoms with Gasteiger partial charge < -0.3 is 19.7 Å². The summed E-state index contributed by atoms with van der Waals surface area (Å²) in [5, 5.41) is -1.11. The van der Waals surface area contributed by atoms with Crippen LogP contribution >= 0.6 is 15.9 Å². The predicted octanol–water partition coefficient (Wildman–Crippen LogP) is 17.9. The van der Waals surface area contributed by atoms with E-state index in [-0.39, 0.29) is 22.9 Å². The Morgan fingerprint density at radius 1 is 0.347 bits per heavy atom. The topological polar surface area (TPSA) is 59.5 Å². The van der Waals surface area contributed by atoms with Gasteiger partial charge in [0.15, 0.2) is 116 Å². The molecule has 75 heavy (non-hydrogen) atoms. The Kier molecular flexibility index (Phi) is 13.6. The number of halogens is 17. The molecular formula is C52H23BrF16N4O2.